The molecule has 8 heteroatoms. The summed E-state index contributed by atoms with van der Waals surface area (Å²) in [6.07, 6.45) is 2.90. The third-order valence-corrected chi connectivity index (χ3v) is 4.75. The second kappa shape index (κ2) is 7.75. The largest absolute Gasteiger partial charge is 0.489 e. The number of hydrogen-bond donors (Lipinski definition) is 1. The van der Waals surface area contributed by atoms with Crippen LogP contribution in [0.4, 0.5) is 10.1 Å². The average Bonchev–Trinajstić information content (AvgIpc) is 3.16. The Kier molecular flexibility index (Phi) is 4.99. The molecule has 0 spiro atoms. The van der Waals surface area contributed by atoms with E-state index in [0.717, 1.165) is 0 Å². The number of amides is 2. The fourth-order valence-electron chi connectivity index (χ4n) is 3.17. The summed E-state index contributed by atoms with van der Waals surface area (Å²) in [6.45, 7) is 0.221. The molecule has 0 radical (unpaired) electrons. The Balaban J connectivity index is 1.45. The van der Waals surface area contributed by atoms with Crippen LogP contribution in [0.15, 0.2) is 60.9 Å². The fourth-order valence-corrected chi connectivity index (χ4v) is 3.17. The Morgan fingerprint density at radius 3 is 2.83 bits per heavy atom. The summed E-state index contributed by atoms with van der Waals surface area (Å²) in [7, 11) is 1.64. The van der Waals surface area contributed by atoms with Gasteiger partial charge >= 0.3 is 0 Å². The number of carbonyl (C=O) groups excluding carboxylic acids is 2. The van der Waals surface area contributed by atoms with Crippen LogP contribution >= 0.6 is 0 Å². The van der Waals surface area contributed by atoms with Crippen LogP contribution in [0, 0.1) is 5.82 Å². The Bertz CT molecular complexity index is 1070. The molecule has 0 saturated heterocycles. The molecule has 2 heterocycles. The minimum atomic E-state index is -0.838. The molecule has 4 rings (SSSR count). The molecule has 2 amide bonds. The lowest BCUT2D eigenvalue weighted by Crippen LogP contribution is -2.49. The number of anilines is 1. The Morgan fingerprint density at radius 1 is 1.24 bits per heavy atom. The molecule has 7 nitrogen and oxygen atoms in total. The lowest BCUT2D eigenvalue weighted by Gasteiger charge is -2.20. The van der Waals surface area contributed by atoms with Crippen LogP contribution in [-0.4, -0.2) is 41.3 Å². The molecule has 148 valence electrons. The van der Waals surface area contributed by atoms with E-state index in [1.54, 1.807) is 37.4 Å². The molecule has 0 unspecified atom stereocenters. The van der Waals surface area contributed by atoms with E-state index >= 15 is 0 Å². The molecule has 1 atom stereocenters. The van der Waals surface area contributed by atoms with Gasteiger partial charge in [0.2, 0.25) is 0 Å². The van der Waals surface area contributed by atoms with Gasteiger partial charge in [0.25, 0.3) is 11.8 Å². The van der Waals surface area contributed by atoms with Crippen LogP contribution < -0.4 is 15.0 Å². The number of rotatable bonds is 4. The highest BCUT2D eigenvalue weighted by Crippen LogP contribution is 2.29. The van der Waals surface area contributed by atoms with Gasteiger partial charge in [-0.25, -0.2) is 4.39 Å². The van der Waals surface area contributed by atoms with Gasteiger partial charge in [0.15, 0.2) is 0 Å². The summed E-state index contributed by atoms with van der Waals surface area (Å²) < 4.78 is 21.0. The number of nitrogens with zero attached hydrogens (tertiary/aromatic N) is 3. The summed E-state index contributed by atoms with van der Waals surface area (Å²) in [5.74, 6) is -0.483. The highest BCUT2D eigenvalue weighted by molar-refractivity contribution is 6.03. The van der Waals surface area contributed by atoms with Crippen LogP contribution in [0.3, 0.4) is 0 Å². The summed E-state index contributed by atoms with van der Waals surface area (Å²) in [5.41, 5.74) is 1.39. The van der Waals surface area contributed by atoms with Crippen LogP contribution in [0.2, 0.25) is 0 Å². The van der Waals surface area contributed by atoms with Gasteiger partial charge in [-0.15, -0.1) is 0 Å². The van der Waals surface area contributed by atoms with E-state index in [1.807, 2.05) is 12.1 Å². The molecular weight excluding hydrogens is 375 g/mol. The van der Waals surface area contributed by atoms with E-state index in [0.29, 0.717) is 17.0 Å². The van der Waals surface area contributed by atoms with Crippen molar-refractivity contribution >= 4 is 17.5 Å². The van der Waals surface area contributed by atoms with E-state index in [9.17, 15) is 14.0 Å². The van der Waals surface area contributed by atoms with Gasteiger partial charge in [0, 0.05) is 18.8 Å². The zero-order valence-corrected chi connectivity index (χ0v) is 15.7. The SMILES string of the molecule is CN1C(=O)[C@@H](NC(=O)c2cnn(Cc3ccccc3F)c2)COc2ccccc21. The molecule has 0 aliphatic carbocycles. The van der Waals surface area contributed by atoms with Gasteiger partial charge in [0.05, 0.1) is 24.0 Å². The normalized spacial score (nSPS) is 16.0. The minimum absolute atomic E-state index is 0.0231. The quantitative estimate of drug-likeness (QED) is 0.736. The highest BCUT2D eigenvalue weighted by atomic mass is 19.1. The van der Waals surface area contributed by atoms with Crippen molar-refractivity contribution in [1.29, 1.82) is 0 Å². The van der Waals surface area contributed by atoms with Crippen molar-refractivity contribution < 1.29 is 18.7 Å². The number of benzene rings is 2. The monoisotopic (exact) mass is 394 g/mol. The minimum Gasteiger partial charge on any atom is -0.489 e. The van der Waals surface area contributed by atoms with Gasteiger partial charge in [0.1, 0.15) is 24.2 Å². The number of likely N-dealkylation sites (N-methyl/N-ethyl adjacent to an activating group) is 1. The highest BCUT2D eigenvalue weighted by Gasteiger charge is 2.30. The molecule has 0 fully saturated rings. The first-order valence-corrected chi connectivity index (χ1v) is 9.09. The first-order valence-electron chi connectivity index (χ1n) is 9.09. The molecule has 1 aliphatic rings. The molecule has 1 N–H and O–H groups in total. The van der Waals surface area contributed by atoms with E-state index in [2.05, 4.69) is 10.4 Å². The van der Waals surface area contributed by atoms with E-state index in [1.165, 1.54) is 28.0 Å². The maximum Gasteiger partial charge on any atom is 0.255 e. The van der Waals surface area contributed by atoms with Crippen molar-refractivity contribution in [2.45, 2.75) is 12.6 Å². The number of para-hydroxylation sites is 2. The number of hydrogen-bond acceptors (Lipinski definition) is 4. The topological polar surface area (TPSA) is 76.5 Å². The second-order valence-corrected chi connectivity index (χ2v) is 6.72. The van der Waals surface area contributed by atoms with Gasteiger partial charge in [-0.1, -0.05) is 30.3 Å². The summed E-state index contributed by atoms with van der Waals surface area (Å²) in [4.78, 5) is 26.8. The predicted octanol–water partition coefficient (Wildman–Crippen LogP) is 2.22. The van der Waals surface area contributed by atoms with Crippen LogP contribution in [-0.2, 0) is 11.3 Å². The molecule has 0 saturated carbocycles. The third-order valence-electron chi connectivity index (χ3n) is 4.75. The van der Waals surface area contributed by atoms with E-state index in [-0.39, 0.29) is 30.4 Å². The summed E-state index contributed by atoms with van der Waals surface area (Å²) >= 11 is 0. The van der Waals surface area contributed by atoms with Crippen LogP contribution in [0.25, 0.3) is 0 Å². The van der Waals surface area contributed by atoms with Crippen molar-refractivity contribution in [2.24, 2.45) is 0 Å². The molecular formula is C21H19FN4O3. The lowest BCUT2D eigenvalue weighted by molar-refractivity contribution is -0.120. The second-order valence-electron chi connectivity index (χ2n) is 6.72. The smallest absolute Gasteiger partial charge is 0.255 e. The number of fused-ring (bicyclic) bond motifs is 1. The van der Waals surface area contributed by atoms with Crippen molar-refractivity contribution in [3.8, 4) is 5.75 Å². The van der Waals surface area contributed by atoms with Crippen molar-refractivity contribution in [1.82, 2.24) is 15.1 Å². The average molecular weight is 394 g/mol. The first-order chi connectivity index (χ1) is 14.0. The van der Waals surface area contributed by atoms with Gasteiger partial charge in [-0.3, -0.25) is 14.3 Å². The van der Waals surface area contributed by atoms with E-state index in [4.69, 9.17) is 4.74 Å². The molecule has 0 bridgehead atoms. The summed E-state index contributed by atoms with van der Waals surface area (Å²) in [6, 6.07) is 12.7. The standard InChI is InChI=1S/C21H19FN4O3/c1-25-18-8-4-5-9-19(18)29-13-17(21(25)28)24-20(27)15-10-23-26(12-15)11-14-6-2-3-7-16(14)22/h2-10,12,17H,11,13H2,1H3,(H,24,27)/t17-/m0/s1. The number of ether oxygens (including phenoxy) is 1. The number of carbonyl (C=O) groups is 2. The van der Waals surface area contributed by atoms with Gasteiger partial charge in [-0.2, -0.15) is 5.10 Å². The Labute approximate surface area is 166 Å². The molecule has 3 aromatic rings. The molecule has 29 heavy (non-hydrogen) atoms. The summed E-state index contributed by atoms with van der Waals surface area (Å²) in [5, 5.41) is 6.81. The van der Waals surface area contributed by atoms with Crippen LogP contribution in [0.5, 0.6) is 5.75 Å². The molecule has 2 aromatic carbocycles. The molecule has 1 aromatic heterocycles. The van der Waals surface area contributed by atoms with Crippen LogP contribution in [0.1, 0.15) is 15.9 Å². The predicted molar refractivity (Wildman–Crippen MR) is 104 cm³/mol. The molecule has 1 aliphatic heterocycles. The van der Waals surface area contributed by atoms with Gasteiger partial charge < -0.3 is 15.0 Å². The van der Waals surface area contributed by atoms with Gasteiger partial charge in [-0.05, 0) is 18.2 Å². The first kappa shape index (κ1) is 18.7. The number of nitrogens with one attached hydrogen (secondary N) is 1. The Hall–Kier alpha value is -3.68. The maximum absolute atomic E-state index is 13.8. The zero-order chi connectivity index (χ0) is 20.4. The number of aromatic nitrogens is 2. The van der Waals surface area contributed by atoms with Crippen molar-refractivity contribution in [2.75, 3.05) is 18.6 Å². The zero-order valence-electron chi connectivity index (χ0n) is 15.7. The van der Waals surface area contributed by atoms with Crippen molar-refractivity contribution in [3.63, 3.8) is 0 Å². The van der Waals surface area contributed by atoms with Crippen molar-refractivity contribution in [3.05, 3.63) is 77.9 Å². The lowest BCUT2D eigenvalue weighted by atomic mass is 10.2. The fraction of sp³-hybridized carbons (Fsp3) is 0.190. The third kappa shape index (κ3) is 3.82. The van der Waals surface area contributed by atoms with E-state index < -0.39 is 11.9 Å². The number of halogens is 1. The maximum atomic E-state index is 13.8. The Morgan fingerprint density at radius 2 is 2.00 bits per heavy atom.